The van der Waals surface area contributed by atoms with E-state index in [1.54, 1.807) is 0 Å². The fourth-order valence-electron chi connectivity index (χ4n) is 2.23. The molecule has 0 bridgehead atoms. The van der Waals surface area contributed by atoms with Gasteiger partial charge in [-0.05, 0) is 12.0 Å². The number of aromatic nitrogens is 3. The highest BCUT2D eigenvalue weighted by atomic mass is 32.2. The molecule has 0 unspecified atom stereocenters. The molecule has 0 aliphatic carbocycles. The Morgan fingerprint density at radius 1 is 1.32 bits per heavy atom. The van der Waals surface area contributed by atoms with Gasteiger partial charge < -0.3 is 11.2 Å². The van der Waals surface area contributed by atoms with Gasteiger partial charge in [-0.15, -0.1) is 10.2 Å². The fraction of sp³-hybridized carbons (Fsp3) is 0.400. The number of alkyl halides is 3. The summed E-state index contributed by atoms with van der Waals surface area (Å²) in [7, 11) is 0. The second-order valence-electron chi connectivity index (χ2n) is 5.28. The number of benzene rings is 1. The molecule has 0 radical (unpaired) electrons. The van der Waals surface area contributed by atoms with Gasteiger partial charge in [0.1, 0.15) is 0 Å². The molecule has 0 aliphatic rings. The second-order valence-corrected chi connectivity index (χ2v) is 6.22. The third-order valence-electron chi connectivity index (χ3n) is 3.36. The molecule has 10 heteroatoms. The Kier molecular flexibility index (Phi) is 6.29. The quantitative estimate of drug-likeness (QED) is 0.576. The van der Waals surface area contributed by atoms with Crippen LogP contribution < -0.4 is 11.2 Å². The summed E-state index contributed by atoms with van der Waals surface area (Å²) in [6, 6.07) is 9.33. The first-order valence-electron chi connectivity index (χ1n) is 7.57. The lowest BCUT2D eigenvalue weighted by Gasteiger charge is -2.18. The number of nitrogens with two attached hydrogens (primary N) is 1. The van der Waals surface area contributed by atoms with Gasteiger partial charge >= 0.3 is 6.18 Å². The van der Waals surface area contributed by atoms with Crippen LogP contribution in [0.15, 0.2) is 35.5 Å². The highest BCUT2D eigenvalue weighted by Gasteiger charge is 2.38. The molecule has 2 rings (SSSR count). The standard InChI is InChI=1S/C15H18F3N5OS/c1-2-6-11(10-7-4-3-5-8-10)20-12(24)9-25-14-22-21-13(23(14)19)15(16,17)18/h3-5,7-8,11H,2,6,9,19H2,1H3,(H,20,24)/t11-/m0/s1. The molecular formula is C15H18F3N5OS. The summed E-state index contributed by atoms with van der Waals surface area (Å²) < 4.78 is 38.2. The van der Waals surface area contributed by atoms with Gasteiger partial charge in [0.25, 0.3) is 5.82 Å². The number of nitrogens with one attached hydrogen (secondary N) is 1. The van der Waals surface area contributed by atoms with Crippen molar-refractivity contribution in [1.29, 1.82) is 0 Å². The molecule has 0 saturated heterocycles. The molecule has 6 nitrogen and oxygen atoms in total. The molecule has 3 N–H and O–H groups in total. The Hall–Kier alpha value is -2.23. The smallest absolute Gasteiger partial charge is 0.349 e. The first kappa shape index (κ1) is 19.1. The molecular weight excluding hydrogens is 355 g/mol. The van der Waals surface area contributed by atoms with Crippen molar-refractivity contribution in [2.75, 3.05) is 11.6 Å². The zero-order valence-corrected chi connectivity index (χ0v) is 14.3. The summed E-state index contributed by atoms with van der Waals surface area (Å²) >= 11 is 0.800. The predicted molar refractivity (Wildman–Crippen MR) is 88.1 cm³/mol. The molecule has 0 fully saturated rings. The fourth-order valence-corrected chi connectivity index (χ4v) is 2.90. The van der Waals surface area contributed by atoms with E-state index in [-0.39, 0.29) is 22.9 Å². The number of amides is 1. The van der Waals surface area contributed by atoms with Gasteiger partial charge in [0.15, 0.2) is 0 Å². The van der Waals surface area contributed by atoms with Crippen LogP contribution in [0.25, 0.3) is 0 Å². The molecule has 1 aromatic carbocycles. The molecule has 1 amide bonds. The molecule has 1 aromatic heterocycles. The van der Waals surface area contributed by atoms with Crippen LogP contribution in [-0.4, -0.2) is 26.5 Å². The molecule has 1 atom stereocenters. The number of carbonyl (C=O) groups excluding carboxylic acids is 1. The average Bonchev–Trinajstić information content (AvgIpc) is 2.94. The van der Waals surface area contributed by atoms with E-state index in [4.69, 9.17) is 5.84 Å². The van der Waals surface area contributed by atoms with Crippen molar-refractivity contribution < 1.29 is 18.0 Å². The van der Waals surface area contributed by atoms with Gasteiger partial charge in [-0.25, -0.2) is 4.68 Å². The molecule has 0 aliphatic heterocycles. The third kappa shape index (κ3) is 5.12. The minimum Gasteiger partial charge on any atom is -0.349 e. The zero-order valence-electron chi connectivity index (χ0n) is 13.5. The zero-order chi connectivity index (χ0) is 18.4. The van der Waals surface area contributed by atoms with E-state index < -0.39 is 12.0 Å². The highest BCUT2D eigenvalue weighted by molar-refractivity contribution is 7.99. The number of thioether (sulfide) groups is 1. The normalized spacial score (nSPS) is 12.8. The van der Waals surface area contributed by atoms with Crippen molar-refractivity contribution in [3.8, 4) is 0 Å². The Morgan fingerprint density at radius 3 is 2.56 bits per heavy atom. The highest BCUT2D eigenvalue weighted by Crippen LogP contribution is 2.28. The maximum absolute atomic E-state index is 12.6. The molecule has 25 heavy (non-hydrogen) atoms. The van der Waals surface area contributed by atoms with E-state index in [2.05, 4.69) is 15.5 Å². The first-order valence-corrected chi connectivity index (χ1v) is 8.56. The topological polar surface area (TPSA) is 85.8 Å². The predicted octanol–water partition coefficient (Wildman–Crippen LogP) is 2.76. The molecule has 0 spiro atoms. The van der Waals surface area contributed by atoms with Crippen molar-refractivity contribution in [2.24, 2.45) is 0 Å². The maximum Gasteiger partial charge on any atom is 0.453 e. The number of nitrogen functional groups attached to an aromatic ring is 1. The van der Waals surface area contributed by atoms with Gasteiger partial charge in [-0.1, -0.05) is 55.4 Å². The molecule has 2 aromatic rings. The van der Waals surface area contributed by atoms with Gasteiger partial charge in [0.05, 0.1) is 11.8 Å². The number of carbonyl (C=O) groups is 1. The number of halogens is 3. The Morgan fingerprint density at radius 2 is 2.00 bits per heavy atom. The van der Waals surface area contributed by atoms with Crippen LogP contribution in [-0.2, 0) is 11.0 Å². The monoisotopic (exact) mass is 373 g/mol. The van der Waals surface area contributed by atoms with Crippen LogP contribution in [0.3, 0.4) is 0 Å². The van der Waals surface area contributed by atoms with Crippen molar-refractivity contribution >= 4 is 17.7 Å². The van der Waals surface area contributed by atoms with Crippen LogP contribution in [0.2, 0.25) is 0 Å². The summed E-state index contributed by atoms with van der Waals surface area (Å²) in [6.45, 7) is 2.01. The van der Waals surface area contributed by atoms with E-state index >= 15 is 0 Å². The summed E-state index contributed by atoms with van der Waals surface area (Å²) in [6.07, 6.45) is -3.06. The van der Waals surface area contributed by atoms with Crippen LogP contribution in [0.4, 0.5) is 13.2 Å². The van der Waals surface area contributed by atoms with Crippen LogP contribution in [0.1, 0.15) is 37.2 Å². The third-order valence-corrected chi connectivity index (χ3v) is 4.31. The molecule has 136 valence electrons. The Labute approximate surface area is 147 Å². The molecule has 1 heterocycles. The number of nitrogens with zero attached hydrogens (tertiary/aromatic N) is 3. The summed E-state index contributed by atoms with van der Waals surface area (Å²) in [5.74, 6) is 3.61. The van der Waals surface area contributed by atoms with Crippen LogP contribution in [0, 0.1) is 0 Å². The van der Waals surface area contributed by atoms with E-state index in [0.717, 1.165) is 30.2 Å². The Balaban J connectivity index is 1.97. The number of hydrogen-bond donors (Lipinski definition) is 2. The number of hydrogen-bond acceptors (Lipinski definition) is 5. The lowest BCUT2D eigenvalue weighted by atomic mass is 10.0. The lowest BCUT2D eigenvalue weighted by Crippen LogP contribution is -2.30. The van der Waals surface area contributed by atoms with Crippen molar-refractivity contribution in [3.63, 3.8) is 0 Å². The maximum atomic E-state index is 12.6. The minimum absolute atomic E-state index is 0.111. The van der Waals surface area contributed by atoms with E-state index in [9.17, 15) is 18.0 Å². The van der Waals surface area contributed by atoms with Gasteiger partial charge in [0, 0.05) is 0 Å². The SMILES string of the molecule is CCC[C@H](NC(=O)CSc1nnc(C(F)(F)F)n1N)c1ccccc1. The van der Waals surface area contributed by atoms with Crippen molar-refractivity contribution in [3.05, 3.63) is 41.7 Å². The molecule has 0 saturated carbocycles. The average molecular weight is 373 g/mol. The van der Waals surface area contributed by atoms with Crippen LogP contribution in [0.5, 0.6) is 0 Å². The van der Waals surface area contributed by atoms with E-state index in [0.29, 0.717) is 4.68 Å². The van der Waals surface area contributed by atoms with Crippen LogP contribution >= 0.6 is 11.8 Å². The van der Waals surface area contributed by atoms with Gasteiger partial charge in [-0.3, -0.25) is 4.79 Å². The first-order chi connectivity index (χ1) is 11.8. The largest absolute Gasteiger partial charge is 0.453 e. The summed E-state index contributed by atoms with van der Waals surface area (Å²) in [5.41, 5.74) is 0.976. The van der Waals surface area contributed by atoms with Gasteiger partial charge in [-0.2, -0.15) is 13.2 Å². The number of rotatable bonds is 7. The lowest BCUT2D eigenvalue weighted by molar-refractivity contribution is -0.146. The van der Waals surface area contributed by atoms with Gasteiger partial charge in [0.2, 0.25) is 11.1 Å². The second kappa shape index (κ2) is 8.24. The summed E-state index contributed by atoms with van der Waals surface area (Å²) in [4.78, 5) is 12.1. The van der Waals surface area contributed by atoms with E-state index in [1.165, 1.54) is 0 Å². The Bertz CT molecular complexity index is 705. The van der Waals surface area contributed by atoms with E-state index in [1.807, 2.05) is 37.3 Å². The summed E-state index contributed by atoms with van der Waals surface area (Å²) in [5, 5.41) is 9.10. The minimum atomic E-state index is -4.69. The van der Waals surface area contributed by atoms with Crippen molar-refractivity contribution in [2.45, 2.75) is 37.1 Å². The van der Waals surface area contributed by atoms with Crippen molar-refractivity contribution in [1.82, 2.24) is 20.2 Å².